The van der Waals surface area contributed by atoms with E-state index in [9.17, 15) is 0 Å². The van der Waals surface area contributed by atoms with Gasteiger partial charge < -0.3 is 5.43 Å². The third-order valence-electron chi connectivity index (χ3n) is 3.74. The predicted molar refractivity (Wildman–Crippen MR) is 86.6 cm³/mol. The topological polar surface area (TPSA) is 63.8 Å². The fraction of sp³-hybridized carbons (Fsp3) is 0.333. The molecule has 4 nitrogen and oxygen atoms in total. The van der Waals surface area contributed by atoms with Crippen LogP contribution in [0.5, 0.6) is 0 Å². The van der Waals surface area contributed by atoms with Gasteiger partial charge in [0.25, 0.3) is 0 Å². The quantitative estimate of drug-likeness (QED) is 0.498. The summed E-state index contributed by atoms with van der Waals surface area (Å²) in [5.74, 6) is 6.89. The Morgan fingerprint density at radius 3 is 2.67 bits per heavy atom. The second kappa shape index (κ2) is 6.18. The van der Waals surface area contributed by atoms with E-state index >= 15 is 0 Å². The summed E-state index contributed by atoms with van der Waals surface area (Å²) in [7, 11) is 0. The lowest BCUT2D eigenvalue weighted by atomic mass is 10.1. The molecule has 0 spiro atoms. The van der Waals surface area contributed by atoms with Crippen LogP contribution in [0.15, 0.2) is 18.2 Å². The van der Waals surface area contributed by atoms with Crippen LogP contribution in [-0.4, -0.2) is 9.97 Å². The number of anilines is 1. The maximum absolute atomic E-state index is 6.25. The molecule has 1 heterocycles. The molecule has 0 radical (unpaired) electrons. The van der Waals surface area contributed by atoms with Gasteiger partial charge in [-0.1, -0.05) is 29.6 Å². The molecule has 1 aliphatic rings. The van der Waals surface area contributed by atoms with Crippen LogP contribution in [0.4, 0.5) is 5.82 Å². The molecule has 0 saturated carbocycles. The van der Waals surface area contributed by atoms with Gasteiger partial charge in [-0.2, -0.15) is 0 Å². The van der Waals surface area contributed by atoms with Gasteiger partial charge in [-0.15, -0.1) is 0 Å². The van der Waals surface area contributed by atoms with Crippen LogP contribution in [0.1, 0.15) is 30.5 Å². The molecule has 2 aromatic rings. The van der Waals surface area contributed by atoms with Gasteiger partial charge in [0, 0.05) is 21.8 Å². The SMILES string of the molecule is NNc1nc(-c2cc(Cl)ccc2Cl)nc2c1CCCCC2. The number of fused-ring (bicyclic) bond motifs is 1. The van der Waals surface area contributed by atoms with Crippen molar-refractivity contribution in [1.82, 2.24) is 9.97 Å². The lowest BCUT2D eigenvalue weighted by Crippen LogP contribution is -2.14. The predicted octanol–water partition coefficient (Wildman–Crippen LogP) is 4.00. The highest BCUT2D eigenvalue weighted by atomic mass is 35.5. The summed E-state index contributed by atoms with van der Waals surface area (Å²) in [5, 5.41) is 1.19. The first-order chi connectivity index (χ1) is 10.2. The number of hydrazine groups is 1. The third kappa shape index (κ3) is 2.98. The molecule has 1 aromatic carbocycles. The second-order valence-corrected chi connectivity index (χ2v) is 5.99. The smallest absolute Gasteiger partial charge is 0.163 e. The van der Waals surface area contributed by atoms with Crippen LogP contribution in [0.25, 0.3) is 11.4 Å². The molecule has 0 atom stereocenters. The summed E-state index contributed by atoms with van der Waals surface area (Å²) in [6.45, 7) is 0. The molecule has 0 fully saturated rings. The number of halogens is 2. The number of hydrogen-bond donors (Lipinski definition) is 2. The van der Waals surface area contributed by atoms with Crippen LogP contribution in [0, 0.1) is 0 Å². The van der Waals surface area contributed by atoms with E-state index in [4.69, 9.17) is 34.0 Å². The number of aromatic nitrogens is 2. The van der Waals surface area contributed by atoms with E-state index in [1.807, 2.05) is 0 Å². The highest BCUT2D eigenvalue weighted by Crippen LogP contribution is 2.32. The average Bonchev–Trinajstić information content (AvgIpc) is 2.74. The Balaban J connectivity index is 2.15. The van der Waals surface area contributed by atoms with Gasteiger partial charge in [-0.3, -0.25) is 0 Å². The Morgan fingerprint density at radius 1 is 1.05 bits per heavy atom. The van der Waals surface area contributed by atoms with Gasteiger partial charge in [0.05, 0.1) is 5.02 Å². The van der Waals surface area contributed by atoms with E-state index in [0.29, 0.717) is 21.7 Å². The first kappa shape index (κ1) is 14.6. The molecule has 0 saturated heterocycles. The van der Waals surface area contributed by atoms with Crippen LogP contribution >= 0.6 is 23.2 Å². The van der Waals surface area contributed by atoms with Gasteiger partial charge in [0.15, 0.2) is 5.82 Å². The third-order valence-corrected chi connectivity index (χ3v) is 4.30. The molecule has 6 heteroatoms. The van der Waals surface area contributed by atoms with Gasteiger partial charge >= 0.3 is 0 Å². The molecular formula is C15H16Cl2N4. The number of nitrogen functional groups attached to an aromatic ring is 1. The van der Waals surface area contributed by atoms with Crippen molar-refractivity contribution >= 4 is 29.0 Å². The van der Waals surface area contributed by atoms with Crippen molar-refractivity contribution in [1.29, 1.82) is 0 Å². The Morgan fingerprint density at radius 2 is 1.86 bits per heavy atom. The maximum Gasteiger partial charge on any atom is 0.163 e. The molecule has 0 bridgehead atoms. The number of aryl methyl sites for hydroxylation is 1. The number of nitrogens with zero attached hydrogens (tertiary/aromatic N) is 2. The van der Waals surface area contributed by atoms with Gasteiger partial charge in [-0.05, 0) is 43.9 Å². The molecule has 3 rings (SSSR count). The van der Waals surface area contributed by atoms with Gasteiger partial charge in [0.1, 0.15) is 5.82 Å². The molecule has 0 amide bonds. The Bertz CT molecular complexity index is 673. The van der Waals surface area contributed by atoms with Crippen molar-refractivity contribution in [2.24, 2.45) is 5.84 Å². The number of nitrogens with one attached hydrogen (secondary N) is 1. The second-order valence-electron chi connectivity index (χ2n) is 5.15. The fourth-order valence-corrected chi connectivity index (χ4v) is 3.05. The summed E-state index contributed by atoms with van der Waals surface area (Å²) < 4.78 is 0. The number of rotatable bonds is 2. The van der Waals surface area contributed by atoms with Crippen molar-refractivity contribution < 1.29 is 0 Å². The molecule has 0 unspecified atom stereocenters. The molecule has 1 aromatic heterocycles. The van der Waals surface area contributed by atoms with E-state index in [2.05, 4.69) is 10.4 Å². The zero-order valence-corrected chi connectivity index (χ0v) is 13.0. The average molecular weight is 323 g/mol. The minimum Gasteiger partial charge on any atom is -0.308 e. The Kier molecular flexibility index (Phi) is 4.29. The molecular weight excluding hydrogens is 307 g/mol. The summed E-state index contributed by atoms with van der Waals surface area (Å²) in [6, 6.07) is 5.28. The van der Waals surface area contributed by atoms with Gasteiger partial charge in [-0.25, -0.2) is 15.8 Å². The lowest BCUT2D eigenvalue weighted by molar-refractivity contribution is 0.709. The minimum atomic E-state index is 0.566. The van der Waals surface area contributed by atoms with Crippen molar-refractivity contribution in [2.45, 2.75) is 32.1 Å². The highest BCUT2D eigenvalue weighted by molar-refractivity contribution is 6.35. The summed E-state index contributed by atoms with van der Waals surface area (Å²) in [6.07, 6.45) is 5.38. The first-order valence-electron chi connectivity index (χ1n) is 7.01. The summed E-state index contributed by atoms with van der Waals surface area (Å²) >= 11 is 12.3. The molecule has 3 N–H and O–H groups in total. The normalized spacial score (nSPS) is 14.4. The monoisotopic (exact) mass is 322 g/mol. The molecule has 1 aliphatic carbocycles. The van der Waals surface area contributed by atoms with Crippen molar-refractivity contribution in [3.8, 4) is 11.4 Å². The zero-order valence-electron chi connectivity index (χ0n) is 11.5. The number of benzene rings is 1. The van der Waals surface area contributed by atoms with Crippen molar-refractivity contribution in [2.75, 3.05) is 5.43 Å². The van der Waals surface area contributed by atoms with Crippen molar-refractivity contribution in [3.63, 3.8) is 0 Å². The van der Waals surface area contributed by atoms with E-state index in [0.717, 1.165) is 42.5 Å². The highest BCUT2D eigenvalue weighted by Gasteiger charge is 2.18. The van der Waals surface area contributed by atoms with E-state index < -0.39 is 0 Å². The fourth-order valence-electron chi connectivity index (χ4n) is 2.68. The maximum atomic E-state index is 6.25. The lowest BCUT2D eigenvalue weighted by Gasteiger charge is -2.13. The van der Waals surface area contributed by atoms with Crippen molar-refractivity contribution in [3.05, 3.63) is 39.5 Å². The minimum absolute atomic E-state index is 0.566. The van der Waals surface area contributed by atoms with E-state index in [1.54, 1.807) is 18.2 Å². The molecule has 0 aliphatic heterocycles. The largest absolute Gasteiger partial charge is 0.308 e. The number of nitrogens with two attached hydrogens (primary N) is 1. The molecule has 110 valence electrons. The van der Waals surface area contributed by atoms with Crippen LogP contribution < -0.4 is 11.3 Å². The Hall–Kier alpha value is -1.36. The van der Waals surface area contributed by atoms with E-state index in [-0.39, 0.29) is 0 Å². The number of hydrogen-bond acceptors (Lipinski definition) is 4. The standard InChI is InChI=1S/C15H16Cl2N4/c16-9-6-7-12(17)11(8-9)14-19-13-5-3-1-2-4-10(13)15(20-14)21-18/h6-8H,1-5,18H2,(H,19,20,21). The van der Waals surface area contributed by atoms with E-state index in [1.165, 1.54) is 6.42 Å². The summed E-state index contributed by atoms with van der Waals surface area (Å²) in [4.78, 5) is 9.23. The van der Waals surface area contributed by atoms with Crippen LogP contribution in [0.3, 0.4) is 0 Å². The summed E-state index contributed by atoms with van der Waals surface area (Å²) in [5.41, 5.74) is 5.61. The first-order valence-corrected chi connectivity index (χ1v) is 7.76. The van der Waals surface area contributed by atoms with Crippen LogP contribution in [0.2, 0.25) is 10.0 Å². The van der Waals surface area contributed by atoms with Crippen LogP contribution in [-0.2, 0) is 12.8 Å². The van der Waals surface area contributed by atoms with Gasteiger partial charge in [0.2, 0.25) is 0 Å². The Labute approximate surface area is 133 Å². The molecule has 21 heavy (non-hydrogen) atoms. The zero-order chi connectivity index (χ0) is 14.8.